The summed E-state index contributed by atoms with van der Waals surface area (Å²) in [4.78, 5) is 15.9. The van der Waals surface area contributed by atoms with Crippen LogP contribution >= 0.6 is 12.2 Å². The molecule has 1 aromatic carbocycles. The Bertz CT molecular complexity index is 879. The highest BCUT2D eigenvalue weighted by Gasteiger charge is 2.67. The fourth-order valence-electron chi connectivity index (χ4n) is 5.86. The lowest BCUT2D eigenvalue weighted by molar-refractivity contribution is -0.139. The normalized spacial score (nSPS) is 29.5. The van der Waals surface area contributed by atoms with Crippen LogP contribution in [0, 0.1) is 5.41 Å². The van der Waals surface area contributed by atoms with Gasteiger partial charge < -0.3 is 19.5 Å². The smallest absolute Gasteiger partial charge is 0.259 e. The van der Waals surface area contributed by atoms with Crippen LogP contribution in [0.3, 0.4) is 0 Å². The highest BCUT2D eigenvalue weighted by Crippen LogP contribution is 2.60. The number of methoxy groups -OCH3 is 1. The Labute approximate surface area is 197 Å². The van der Waals surface area contributed by atoms with Crippen LogP contribution in [-0.2, 0) is 26.2 Å². The molecule has 1 unspecified atom stereocenters. The van der Waals surface area contributed by atoms with E-state index >= 15 is 0 Å². The number of fused-ring (bicyclic) bond motifs is 3. The van der Waals surface area contributed by atoms with Gasteiger partial charge in [0.15, 0.2) is 10.7 Å². The summed E-state index contributed by atoms with van der Waals surface area (Å²) in [7, 11) is 1.78. The molecule has 176 valence electrons. The van der Waals surface area contributed by atoms with E-state index in [-0.39, 0.29) is 29.6 Å². The maximum Gasteiger partial charge on any atom is 0.259 e. The molecule has 2 aliphatic carbocycles. The molecule has 1 aliphatic heterocycles. The number of thiocarbonyl (C=S) groups is 1. The van der Waals surface area contributed by atoms with E-state index in [1.165, 1.54) is 5.56 Å². The quantitative estimate of drug-likeness (QED) is 0.491. The molecule has 2 fully saturated rings. The van der Waals surface area contributed by atoms with Crippen LogP contribution in [0.1, 0.15) is 64.5 Å². The highest BCUT2D eigenvalue weighted by molar-refractivity contribution is 7.80. The predicted octanol–water partition coefficient (Wildman–Crippen LogP) is 3.94. The Hall–Kier alpha value is -1.70. The first-order valence-electron chi connectivity index (χ1n) is 11.8. The summed E-state index contributed by atoms with van der Waals surface area (Å²) in [5, 5.41) is 4.09. The van der Waals surface area contributed by atoms with Crippen LogP contribution in [0.15, 0.2) is 18.2 Å². The zero-order valence-corrected chi connectivity index (χ0v) is 20.7. The van der Waals surface area contributed by atoms with Crippen molar-refractivity contribution in [2.24, 2.45) is 5.41 Å². The first kappa shape index (κ1) is 23.5. The zero-order chi connectivity index (χ0) is 23.1. The second-order valence-corrected chi connectivity index (χ2v) is 10.3. The van der Waals surface area contributed by atoms with Gasteiger partial charge in [0.1, 0.15) is 12.4 Å². The Kier molecular flexibility index (Phi) is 6.54. The number of rotatable bonds is 7. The largest absolute Gasteiger partial charge is 0.491 e. The van der Waals surface area contributed by atoms with Crippen LogP contribution in [0.2, 0.25) is 0 Å². The lowest BCUT2D eigenvalue weighted by Gasteiger charge is -2.46. The molecule has 1 aromatic rings. The predicted molar refractivity (Wildman–Crippen MR) is 128 cm³/mol. The summed E-state index contributed by atoms with van der Waals surface area (Å²) >= 11 is 5.70. The Balaban J connectivity index is 1.70. The lowest BCUT2D eigenvalue weighted by Crippen LogP contribution is -2.57. The van der Waals surface area contributed by atoms with Crippen molar-refractivity contribution in [1.82, 2.24) is 10.2 Å². The molecule has 6 nitrogen and oxygen atoms in total. The molecule has 7 heteroatoms. The molecular weight excluding hydrogens is 424 g/mol. The van der Waals surface area contributed by atoms with Gasteiger partial charge >= 0.3 is 0 Å². The summed E-state index contributed by atoms with van der Waals surface area (Å²) < 4.78 is 17.3. The molecule has 0 bridgehead atoms. The van der Waals surface area contributed by atoms with Crippen LogP contribution in [0.4, 0.5) is 0 Å². The van der Waals surface area contributed by atoms with E-state index in [0.717, 1.165) is 43.4 Å². The number of nitrogens with zero attached hydrogens (tertiary/aromatic N) is 1. The maximum absolute atomic E-state index is 14.1. The van der Waals surface area contributed by atoms with E-state index in [1.807, 2.05) is 33.8 Å². The Morgan fingerprint density at radius 2 is 1.91 bits per heavy atom. The van der Waals surface area contributed by atoms with Gasteiger partial charge in [-0.05, 0) is 95.3 Å². The van der Waals surface area contributed by atoms with Crippen molar-refractivity contribution in [3.05, 3.63) is 29.3 Å². The van der Waals surface area contributed by atoms with E-state index in [2.05, 4.69) is 17.4 Å². The standard InChI is InChI=1S/C25H36N2O4S/c1-16(2)27-22(28)25(26-23(27)32)21-14-20(31-13-12-30-17(3)4)7-6-18(21)15-24(25)10-8-19(29-5)9-11-24/h6-7,14,16-17,19H,8-13,15H2,1-5H3,(H,26,32). The molecule has 1 saturated carbocycles. The molecule has 32 heavy (non-hydrogen) atoms. The number of ether oxygens (including phenoxy) is 3. The third-order valence-corrected chi connectivity index (χ3v) is 7.70. The maximum atomic E-state index is 14.1. The van der Waals surface area contributed by atoms with Gasteiger partial charge in [0.25, 0.3) is 5.91 Å². The van der Waals surface area contributed by atoms with Gasteiger partial charge in [-0.3, -0.25) is 9.69 Å². The molecule has 2 spiro atoms. The van der Waals surface area contributed by atoms with Crippen molar-refractivity contribution in [2.45, 2.75) is 83.6 Å². The van der Waals surface area contributed by atoms with E-state index in [4.69, 9.17) is 26.4 Å². The van der Waals surface area contributed by atoms with Crippen LogP contribution in [0.25, 0.3) is 0 Å². The molecule has 1 amide bonds. The number of carbonyl (C=O) groups excluding carboxylic acids is 1. The number of amides is 1. The third kappa shape index (κ3) is 3.72. The molecule has 1 heterocycles. The van der Waals surface area contributed by atoms with Crippen LogP contribution in [-0.4, -0.2) is 54.5 Å². The number of nitrogens with one attached hydrogen (secondary N) is 1. The minimum atomic E-state index is -0.837. The average molecular weight is 461 g/mol. The second kappa shape index (κ2) is 8.92. The monoisotopic (exact) mass is 460 g/mol. The van der Waals surface area contributed by atoms with Crippen LogP contribution in [0.5, 0.6) is 5.75 Å². The summed E-state index contributed by atoms with van der Waals surface area (Å²) in [5.41, 5.74) is 1.18. The highest BCUT2D eigenvalue weighted by atomic mass is 32.1. The molecule has 1 atom stereocenters. The lowest BCUT2D eigenvalue weighted by atomic mass is 9.61. The minimum Gasteiger partial charge on any atom is -0.491 e. The number of benzene rings is 1. The van der Waals surface area contributed by atoms with Gasteiger partial charge in [0, 0.05) is 18.6 Å². The SMILES string of the molecule is COC1CCC2(CC1)Cc1ccc(OCCOC(C)C)cc1C21NC(=S)N(C(C)C)C1=O. The molecule has 0 radical (unpaired) electrons. The van der Waals surface area contributed by atoms with Gasteiger partial charge in [-0.1, -0.05) is 6.07 Å². The van der Waals surface area contributed by atoms with Crippen molar-refractivity contribution in [3.63, 3.8) is 0 Å². The number of carbonyl (C=O) groups is 1. The van der Waals surface area contributed by atoms with E-state index in [1.54, 1.807) is 12.0 Å². The van der Waals surface area contributed by atoms with Crippen molar-refractivity contribution in [1.29, 1.82) is 0 Å². The summed E-state index contributed by atoms with van der Waals surface area (Å²) in [5.74, 6) is 0.842. The van der Waals surface area contributed by atoms with Crippen molar-refractivity contribution in [3.8, 4) is 5.75 Å². The van der Waals surface area contributed by atoms with Gasteiger partial charge in [-0.2, -0.15) is 0 Å². The first-order chi connectivity index (χ1) is 15.2. The van der Waals surface area contributed by atoms with E-state index < -0.39 is 5.54 Å². The topological polar surface area (TPSA) is 60.0 Å². The second-order valence-electron chi connectivity index (χ2n) is 9.93. The van der Waals surface area contributed by atoms with Crippen LogP contribution < -0.4 is 10.1 Å². The zero-order valence-electron chi connectivity index (χ0n) is 19.9. The molecular formula is C25H36N2O4S. The van der Waals surface area contributed by atoms with Crippen molar-refractivity contribution < 1.29 is 19.0 Å². The van der Waals surface area contributed by atoms with Gasteiger partial charge in [0.2, 0.25) is 0 Å². The number of hydrogen-bond acceptors (Lipinski definition) is 5. The Morgan fingerprint density at radius 1 is 1.19 bits per heavy atom. The molecule has 1 N–H and O–H groups in total. The molecule has 0 aromatic heterocycles. The molecule has 3 aliphatic rings. The first-order valence-corrected chi connectivity index (χ1v) is 12.2. The van der Waals surface area contributed by atoms with Crippen molar-refractivity contribution >= 4 is 23.2 Å². The Morgan fingerprint density at radius 3 is 2.50 bits per heavy atom. The fraction of sp³-hybridized carbons (Fsp3) is 0.680. The summed E-state index contributed by atoms with van der Waals surface area (Å²) in [6.07, 6.45) is 5.04. The van der Waals surface area contributed by atoms with E-state index in [9.17, 15) is 4.79 Å². The summed E-state index contributed by atoms with van der Waals surface area (Å²) in [6.45, 7) is 9.06. The molecule has 1 saturated heterocycles. The van der Waals surface area contributed by atoms with Gasteiger partial charge in [-0.25, -0.2) is 0 Å². The van der Waals surface area contributed by atoms with Crippen molar-refractivity contribution in [2.75, 3.05) is 20.3 Å². The molecule has 4 rings (SSSR count). The number of hydrogen-bond donors (Lipinski definition) is 1. The summed E-state index contributed by atoms with van der Waals surface area (Å²) in [6, 6.07) is 6.20. The van der Waals surface area contributed by atoms with E-state index in [0.29, 0.717) is 18.3 Å². The van der Waals surface area contributed by atoms with Gasteiger partial charge in [0.05, 0.1) is 18.8 Å². The fourth-order valence-corrected chi connectivity index (χ4v) is 6.31. The van der Waals surface area contributed by atoms with Gasteiger partial charge in [-0.15, -0.1) is 0 Å². The average Bonchev–Trinajstić information content (AvgIpc) is 3.17. The third-order valence-electron chi connectivity index (χ3n) is 7.41. The minimum absolute atomic E-state index is 0.00547.